The van der Waals surface area contributed by atoms with Gasteiger partial charge in [-0.05, 0) is 81.5 Å². The normalized spacial score (nSPS) is 12.8. The number of hydrogen-bond donors (Lipinski definition) is 2. The average Bonchev–Trinajstić information content (AvgIpc) is 2.91. The molecule has 0 aliphatic rings. The van der Waals surface area contributed by atoms with Crippen LogP contribution in [0.1, 0.15) is 34.5 Å². The summed E-state index contributed by atoms with van der Waals surface area (Å²) in [5, 5.41) is 20.8. The third kappa shape index (κ3) is 6.86. The molecule has 0 saturated heterocycles. The Morgan fingerprint density at radius 3 is 2.37 bits per heavy atom. The van der Waals surface area contributed by atoms with Crippen molar-refractivity contribution in [2.75, 3.05) is 48.1 Å². The number of halogens is 1. The molecule has 0 amide bonds. The Kier molecular flexibility index (Phi) is 9.79. The monoisotopic (exact) mass is 526 g/mol. The lowest BCUT2D eigenvalue weighted by molar-refractivity contribution is -0.00150. The maximum absolute atomic E-state index is 13.9. The van der Waals surface area contributed by atoms with Crippen LogP contribution in [0.2, 0.25) is 0 Å². The van der Waals surface area contributed by atoms with E-state index < -0.39 is 5.60 Å². The second kappa shape index (κ2) is 12.8. The van der Waals surface area contributed by atoms with Gasteiger partial charge < -0.3 is 29.3 Å². The summed E-state index contributed by atoms with van der Waals surface area (Å²) in [5.74, 6) is 0.781. The molecular formula is C29H35FN2O6. The number of methoxy groups -OCH3 is 2. The number of benzene rings is 2. The second-order valence-corrected chi connectivity index (χ2v) is 9.34. The van der Waals surface area contributed by atoms with Crippen LogP contribution in [-0.4, -0.2) is 74.0 Å². The van der Waals surface area contributed by atoms with Crippen molar-refractivity contribution in [1.82, 2.24) is 9.88 Å². The van der Waals surface area contributed by atoms with Crippen LogP contribution in [0.25, 0.3) is 11.3 Å². The number of carbonyl (C=O) groups excluding carboxylic acids is 1. The second-order valence-electron chi connectivity index (χ2n) is 9.34. The van der Waals surface area contributed by atoms with Crippen LogP contribution in [0.4, 0.5) is 4.39 Å². The van der Waals surface area contributed by atoms with E-state index in [0.717, 1.165) is 0 Å². The first-order chi connectivity index (χ1) is 18.1. The van der Waals surface area contributed by atoms with Gasteiger partial charge in [0, 0.05) is 24.1 Å². The minimum Gasteiger partial charge on any atom is -0.494 e. The number of carbonyl (C=O) groups is 1. The molecule has 1 atom stereocenters. The molecule has 0 aliphatic heterocycles. The number of aliphatic hydroxyl groups excluding tert-OH is 1. The zero-order valence-electron chi connectivity index (χ0n) is 22.5. The molecule has 2 aromatic carbocycles. The lowest BCUT2D eigenvalue weighted by Gasteiger charge is -2.31. The first-order valence-corrected chi connectivity index (χ1v) is 12.3. The Morgan fingerprint density at radius 2 is 1.74 bits per heavy atom. The Bertz CT molecular complexity index is 1270. The SMILES string of the molecule is COc1cc(C(=O)CCC(O)(CN(C)C)c2ccc(OC)c(-c3ccc(F)c(C)c3)n2)ccc1OCCO. The zero-order valence-corrected chi connectivity index (χ0v) is 22.5. The summed E-state index contributed by atoms with van der Waals surface area (Å²) in [6, 6.07) is 12.9. The van der Waals surface area contributed by atoms with Crippen LogP contribution in [0, 0.1) is 12.7 Å². The maximum atomic E-state index is 13.9. The quantitative estimate of drug-likeness (QED) is 0.323. The van der Waals surface area contributed by atoms with E-state index in [2.05, 4.69) is 0 Å². The number of pyridine rings is 1. The summed E-state index contributed by atoms with van der Waals surface area (Å²) in [5.41, 5.74) is 0.928. The van der Waals surface area contributed by atoms with Gasteiger partial charge in [0.25, 0.3) is 0 Å². The summed E-state index contributed by atoms with van der Waals surface area (Å²) in [6.45, 7) is 1.86. The molecule has 204 valence electrons. The summed E-state index contributed by atoms with van der Waals surface area (Å²) in [7, 11) is 6.66. The molecule has 1 aromatic heterocycles. The summed E-state index contributed by atoms with van der Waals surface area (Å²) >= 11 is 0. The minimum atomic E-state index is -1.45. The van der Waals surface area contributed by atoms with Crippen molar-refractivity contribution in [1.29, 1.82) is 0 Å². The Labute approximate surface area is 222 Å². The Balaban J connectivity index is 1.91. The fourth-order valence-electron chi connectivity index (χ4n) is 4.26. The van der Waals surface area contributed by atoms with E-state index >= 15 is 0 Å². The van der Waals surface area contributed by atoms with Crippen molar-refractivity contribution < 1.29 is 33.6 Å². The fraction of sp³-hybridized carbons (Fsp3) is 0.379. The predicted octanol–water partition coefficient (Wildman–Crippen LogP) is 4.00. The van der Waals surface area contributed by atoms with Gasteiger partial charge >= 0.3 is 0 Å². The van der Waals surface area contributed by atoms with Crippen LogP contribution in [0.15, 0.2) is 48.5 Å². The van der Waals surface area contributed by atoms with Gasteiger partial charge in [-0.25, -0.2) is 9.37 Å². The van der Waals surface area contributed by atoms with Crippen LogP contribution in [0.5, 0.6) is 17.2 Å². The number of Topliss-reactive ketones (excluding diaryl/α,β-unsaturated/α-hetero) is 1. The number of rotatable bonds is 13. The van der Waals surface area contributed by atoms with Gasteiger partial charge in [-0.3, -0.25) is 4.79 Å². The first kappa shape index (κ1) is 29.0. The van der Waals surface area contributed by atoms with Gasteiger partial charge in [-0.15, -0.1) is 0 Å². The van der Waals surface area contributed by atoms with Crippen LogP contribution >= 0.6 is 0 Å². The van der Waals surface area contributed by atoms with Crippen molar-refractivity contribution in [3.8, 4) is 28.5 Å². The average molecular weight is 527 g/mol. The van der Waals surface area contributed by atoms with E-state index in [0.29, 0.717) is 45.3 Å². The molecule has 8 nitrogen and oxygen atoms in total. The number of aryl methyl sites for hydroxylation is 1. The molecule has 0 fully saturated rings. The van der Waals surface area contributed by atoms with E-state index in [1.807, 2.05) is 19.0 Å². The van der Waals surface area contributed by atoms with Crippen LogP contribution in [0.3, 0.4) is 0 Å². The van der Waals surface area contributed by atoms with Gasteiger partial charge in [-0.2, -0.15) is 0 Å². The molecule has 0 bridgehead atoms. The molecule has 1 unspecified atom stereocenters. The number of aromatic nitrogens is 1. The zero-order chi connectivity index (χ0) is 27.9. The first-order valence-electron chi connectivity index (χ1n) is 12.3. The van der Waals surface area contributed by atoms with Crippen molar-refractivity contribution in [3.05, 3.63) is 71.2 Å². The van der Waals surface area contributed by atoms with E-state index in [-0.39, 0.29) is 44.2 Å². The van der Waals surface area contributed by atoms with Crippen molar-refractivity contribution in [2.24, 2.45) is 0 Å². The van der Waals surface area contributed by atoms with E-state index in [4.69, 9.17) is 24.3 Å². The van der Waals surface area contributed by atoms with E-state index in [1.54, 1.807) is 49.4 Å². The lowest BCUT2D eigenvalue weighted by Crippen LogP contribution is -2.39. The van der Waals surface area contributed by atoms with E-state index in [1.165, 1.54) is 20.3 Å². The molecule has 2 N–H and O–H groups in total. The standard InChI is InChI=1S/C29H35FN2O6/c1-19-16-21(6-8-22(19)30)28-25(36-4)10-11-27(31-28)29(35,18-32(2)3)13-12-23(34)20-7-9-24(38-15-14-33)26(17-20)37-5/h6-11,16-17,33,35H,12-15,18H2,1-5H3. The topological polar surface area (TPSA) is 101 Å². The van der Waals surface area contributed by atoms with E-state index in [9.17, 15) is 14.3 Å². The number of nitrogens with zero attached hydrogens (tertiary/aromatic N) is 2. The van der Waals surface area contributed by atoms with Gasteiger partial charge in [0.1, 0.15) is 29.5 Å². The van der Waals surface area contributed by atoms with Crippen LogP contribution in [-0.2, 0) is 5.60 Å². The molecule has 38 heavy (non-hydrogen) atoms. The third-order valence-corrected chi connectivity index (χ3v) is 6.16. The highest BCUT2D eigenvalue weighted by Crippen LogP contribution is 2.35. The fourth-order valence-corrected chi connectivity index (χ4v) is 4.26. The smallest absolute Gasteiger partial charge is 0.163 e. The third-order valence-electron chi connectivity index (χ3n) is 6.16. The number of aliphatic hydroxyl groups is 2. The molecule has 3 aromatic rings. The summed E-state index contributed by atoms with van der Waals surface area (Å²) < 4.78 is 30.2. The predicted molar refractivity (Wildman–Crippen MR) is 143 cm³/mol. The van der Waals surface area contributed by atoms with Gasteiger partial charge in [-0.1, -0.05) is 0 Å². The minimum absolute atomic E-state index is 0.0447. The highest BCUT2D eigenvalue weighted by atomic mass is 19.1. The molecule has 0 radical (unpaired) electrons. The number of ketones is 1. The largest absolute Gasteiger partial charge is 0.494 e. The molecule has 0 saturated carbocycles. The van der Waals surface area contributed by atoms with Crippen molar-refractivity contribution in [2.45, 2.75) is 25.4 Å². The molecule has 9 heteroatoms. The molecule has 0 aliphatic carbocycles. The van der Waals surface area contributed by atoms with Gasteiger partial charge in [0.05, 0.1) is 26.5 Å². The summed E-state index contributed by atoms with van der Waals surface area (Å²) in [6.07, 6.45) is 0.152. The summed E-state index contributed by atoms with van der Waals surface area (Å²) in [4.78, 5) is 19.7. The number of likely N-dealkylation sites (N-methyl/N-ethyl adjacent to an activating group) is 1. The Hall–Kier alpha value is -3.53. The molecule has 3 rings (SSSR count). The van der Waals surface area contributed by atoms with Crippen molar-refractivity contribution >= 4 is 5.78 Å². The highest BCUT2D eigenvalue weighted by molar-refractivity contribution is 5.96. The Morgan fingerprint density at radius 1 is 1.03 bits per heavy atom. The molecular weight excluding hydrogens is 491 g/mol. The molecule has 0 spiro atoms. The number of ether oxygens (including phenoxy) is 3. The lowest BCUT2D eigenvalue weighted by atomic mass is 9.89. The van der Waals surface area contributed by atoms with Crippen LogP contribution < -0.4 is 14.2 Å². The maximum Gasteiger partial charge on any atom is 0.163 e. The number of hydrogen-bond acceptors (Lipinski definition) is 8. The highest BCUT2D eigenvalue weighted by Gasteiger charge is 2.33. The molecule has 1 heterocycles. The van der Waals surface area contributed by atoms with Gasteiger partial charge in [0.2, 0.25) is 0 Å². The van der Waals surface area contributed by atoms with Gasteiger partial charge in [0.15, 0.2) is 17.3 Å². The van der Waals surface area contributed by atoms with Crippen molar-refractivity contribution in [3.63, 3.8) is 0 Å².